The van der Waals surface area contributed by atoms with E-state index in [4.69, 9.17) is 11.6 Å². The van der Waals surface area contributed by atoms with Crippen LogP contribution in [0.15, 0.2) is 24.4 Å². The quantitative estimate of drug-likeness (QED) is 0.838. The van der Waals surface area contributed by atoms with E-state index < -0.39 is 0 Å². The molecule has 0 unspecified atom stereocenters. The fraction of sp³-hybridized carbons (Fsp3) is 0.556. The third-order valence-corrected chi connectivity index (χ3v) is 4.84. The zero-order chi connectivity index (χ0) is 16.2. The summed E-state index contributed by atoms with van der Waals surface area (Å²) in [5, 5.41) is 13.4. The number of hydrogen-bond donors (Lipinski definition) is 1. The number of benzene rings is 1. The molecule has 5 heteroatoms. The van der Waals surface area contributed by atoms with Crippen molar-refractivity contribution in [3.05, 3.63) is 29.4 Å². The fourth-order valence-corrected chi connectivity index (χ4v) is 3.90. The van der Waals surface area contributed by atoms with Crippen LogP contribution in [0, 0.1) is 11.8 Å². The molecule has 2 heterocycles. The van der Waals surface area contributed by atoms with Crippen LogP contribution < -0.4 is 5.32 Å². The summed E-state index contributed by atoms with van der Waals surface area (Å²) in [6, 6.07) is 5.83. The number of piperidine rings is 1. The summed E-state index contributed by atoms with van der Waals surface area (Å²) in [5.74, 6) is 1.64. The molecule has 1 aliphatic heterocycles. The summed E-state index contributed by atoms with van der Waals surface area (Å²) in [4.78, 5) is 2.60. The Hall–Kier alpha value is -1.39. The normalized spacial score (nSPS) is 22.4. The molecule has 124 valence electrons. The summed E-state index contributed by atoms with van der Waals surface area (Å²) in [7, 11) is 0. The molecule has 1 fully saturated rings. The van der Waals surface area contributed by atoms with Crippen molar-refractivity contribution in [3.63, 3.8) is 0 Å². The van der Waals surface area contributed by atoms with Gasteiger partial charge in [-0.05, 0) is 37.3 Å². The van der Waals surface area contributed by atoms with Gasteiger partial charge >= 0.3 is 0 Å². The molecule has 1 saturated heterocycles. The lowest BCUT2D eigenvalue weighted by molar-refractivity contribution is 0.141. The highest BCUT2D eigenvalue weighted by atomic mass is 35.5. The maximum atomic E-state index is 6.18. The highest BCUT2D eigenvalue weighted by molar-refractivity contribution is 6.35. The van der Waals surface area contributed by atoms with E-state index in [0.29, 0.717) is 5.02 Å². The van der Waals surface area contributed by atoms with Gasteiger partial charge in [-0.25, -0.2) is 0 Å². The van der Waals surface area contributed by atoms with Crippen molar-refractivity contribution in [3.8, 4) is 0 Å². The van der Waals surface area contributed by atoms with E-state index in [-0.39, 0.29) is 0 Å². The minimum atomic E-state index is 0.648. The van der Waals surface area contributed by atoms with Gasteiger partial charge in [0.15, 0.2) is 0 Å². The number of likely N-dealkylation sites (tertiary alicyclic amines) is 1. The van der Waals surface area contributed by atoms with Crippen LogP contribution in [0.5, 0.6) is 0 Å². The van der Waals surface area contributed by atoms with Gasteiger partial charge in [0.25, 0.3) is 0 Å². The molecule has 0 aliphatic carbocycles. The molecular formula is C18H25ClN4. The predicted molar refractivity (Wildman–Crippen MR) is 97.0 cm³/mol. The van der Waals surface area contributed by atoms with E-state index in [1.807, 2.05) is 18.2 Å². The number of halogens is 1. The van der Waals surface area contributed by atoms with Gasteiger partial charge in [-0.1, -0.05) is 37.6 Å². The first-order chi connectivity index (χ1) is 11.1. The van der Waals surface area contributed by atoms with Gasteiger partial charge in [0.05, 0.1) is 16.9 Å². The van der Waals surface area contributed by atoms with E-state index in [1.165, 1.54) is 19.5 Å². The summed E-state index contributed by atoms with van der Waals surface area (Å²) >= 11 is 6.18. The zero-order valence-corrected chi connectivity index (χ0v) is 14.7. The average molecular weight is 333 g/mol. The molecular weight excluding hydrogens is 308 g/mol. The molecule has 0 radical (unpaired) electrons. The number of nitrogens with zero attached hydrogens (tertiary/aromatic N) is 3. The highest BCUT2D eigenvalue weighted by Crippen LogP contribution is 2.26. The maximum absolute atomic E-state index is 6.18. The van der Waals surface area contributed by atoms with Crippen LogP contribution in [0.4, 0.5) is 5.69 Å². The third-order valence-electron chi connectivity index (χ3n) is 4.53. The van der Waals surface area contributed by atoms with Crippen molar-refractivity contribution >= 4 is 28.2 Å². The first-order valence-electron chi connectivity index (χ1n) is 8.49. The Bertz CT molecular complexity index is 651. The van der Waals surface area contributed by atoms with Gasteiger partial charge in [-0.2, -0.15) is 5.10 Å². The third kappa shape index (κ3) is 4.12. The Balaban J connectivity index is 1.54. The van der Waals surface area contributed by atoms with E-state index in [1.54, 1.807) is 6.20 Å². The number of nitrogens with one attached hydrogen (secondary N) is 1. The van der Waals surface area contributed by atoms with Crippen LogP contribution in [0.2, 0.25) is 5.02 Å². The predicted octanol–water partition coefficient (Wildman–Crippen LogP) is 4.06. The largest absolute Gasteiger partial charge is 0.383 e. The monoisotopic (exact) mass is 332 g/mol. The lowest BCUT2D eigenvalue weighted by Gasteiger charge is -2.35. The van der Waals surface area contributed by atoms with Crippen molar-refractivity contribution in [2.45, 2.75) is 26.7 Å². The molecule has 0 spiro atoms. The molecule has 1 aromatic carbocycles. The van der Waals surface area contributed by atoms with Gasteiger partial charge in [-0.15, -0.1) is 5.10 Å². The van der Waals surface area contributed by atoms with Crippen molar-refractivity contribution in [2.24, 2.45) is 11.8 Å². The minimum absolute atomic E-state index is 0.648. The molecule has 2 atom stereocenters. The standard InChI is InChI=1S/C18H25ClN4/c1-13-9-14(2)12-23(11-13)8-4-7-20-17-10-21-22-18-15(17)5-3-6-16(18)19/h3,5-6,10,13-14H,4,7-9,11-12H2,1-2H3,(H,20,22)/t13-,14-/m0/s1. The van der Waals surface area contributed by atoms with Crippen LogP contribution in [-0.4, -0.2) is 41.3 Å². The van der Waals surface area contributed by atoms with Crippen molar-refractivity contribution in [1.82, 2.24) is 15.1 Å². The van der Waals surface area contributed by atoms with Gasteiger partial charge in [0, 0.05) is 25.0 Å². The van der Waals surface area contributed by atoms with Crippen LogP contribution >= 0.6 is 11.6 Å². The summed E-state index contributed by atoms with van der Waals surface area (Å²) < 4.78 is 0. The van der Waals surface area contributed by atoms with E-state index in [2.05, 4.69) is 34.3 Å². The Labute approximate surface area is 143 Å². The maximum Gasteiger partial charge on any atom is 0.114 e. The van der Waals surface area contributed by atoms with Crippen molar-refractivity contribution in [2.75, 3.05) is 31.5 Å². The van der Waals surface area contributed by atoms with Crippen LogP contribution in [0.25, 0.3) is 10.9 Å². The second-order valence-corrected chi connectivity index (χ2v) is 7.29. The van der Waals surface area contributed by atoms with Crippen LogP contribution in [0.1, 0.15) is 26.7 Å². The topological polar surface area (TPSA) is 41.0 Å². The summed E-state index contributed by atoms with van der Waals surface area (Å²) in [5.41, 5.74) is 1.77. The smallest absolute Gasteiger partial charge is 0.114 e. The zero-order valence-electron chi connectivity index (χ0n) is 13.9. The fourth-order valence-electron chi connectivity index (χ4n) is 3.69. The van der Waals surface area contributed by atoms with E-state index >= 15 is 0 Å². The molecule has 1 aliphatic rings. The second-order valence-electron chi connectivity index (χ2n) is 6.88. The molecule has 0 saturated carbocycles. The van der Waals surface area contributed by atoms with Gasteiger partial charge in [-0.3, -0.25) is 0 Å². The van der Waals surface area contributed by atoms with Crippen molar-refractivity contribution < 1.29 is 0 Å². The van der Waals surface area contributed by atoms with Crippen molar-refractivity contribution in [1.29, 1.82) is 0 Å². The second kappa shape index (κ2) is 7.45. The number of fused-ring (bicyclic) bond motifs is 1. The number of rotatable bonds is 5. The molecule has 3 rings (SSSR count). The van der Waals surface area contributed by atoms with Gasteiger partial charge in [0.1, 0.15) is 5.52 Å². The van der Waals surface area contributed by atoms with Gasteiger partial charge in [0.2, 0.25) is 0 Å². The average Bonchev–Trinajstić information content (AvgIpc) is 2.51. The number of aromatic nitrogens is 2. The minimum Gasteiger partial charge on any atom is -0.383 e. The van der Waals surface area contributed by atoms with Gasteiger partial charge < -0.3 is 10.2 Å². The Morgan fingerprint density at radius 2 is 2.04 bits per heavy atom. The Kier molecular flexibility index (Phi) is 5.34. The van der Waals surface area contributed by atoms with Crippen LogP contribution in [-0.2, 0) is 0 Å². The lowest BCUT2D eigenvalue weighted by Crippen LogP contribution is -2.39. The molecule has 0 amide bonds. The highest BCUT2D eigenvalue weighted by Gasteiger charge is 2.20. The van der Waals surface area contributed by atoms with E-state index in [9.17, 15) is 0 Å². The summed E-state index contributed by atoms with van der Waals surface area (Å²) in [6.07, 6.45) is 4.28. The van der Waals surface area contributed by atoms with E-state index in [0.717, 1.165) is 47.9 Å². The van der Waals surface area contributed by atoms with Crippen LogP contribution in [0.3, 0.4) is 0 Å². The molecule has 23 heavy (non-hydrogen) atoms. The Morgan fingerprint density at radius 3 is 2.83 bits per heavy atom. The number of anilines is 1. The SMILES string of the molecule is C[C@H]1C[C@H](C)CN(CCCNc2cnnc3c(Cl)cccc23)C1. The molecule has 1 aromatic heterocycles. The Morgan fingerprint density at radius 1 is 1.26 bits per heavy atom. The first-order valence-corrected chi connectivity index (χ1v) is 8.87. The summed E-state index contributed by atoms with van der Waals surface area (Å²) in [6.45, 7) is 9.28. The molecule has 1 N–H and O–H groups in total. The molecule has 4 nitrogen and oxygen atoms in total. The lowest BCUT2D eigenvalue weighted by atomic mass is 9.92. The molecule has 2 aromatic rings. The number of hydrogen-bond acceptors (Lipinski definition) is 4. The first kappa shape index (κ1) is 16.5. The molecule has 0 bridgehead atoms.